The lowest BCUT2D eigenvalue weighted by Crippen LogP contribution is -2.11. The Morgan fingerprint density at radius 2 is 2.26 bits per heavy atom. The average molecular weight is 253 g/mol. The number of rotatable bonds is 3. The van der Waals surface area contributed by atoms with E-state index in [2.05, 4.69) is 26.3 Å². The maximum atomic E-state index is 9.22. The highest BCUT2D eigenvalue weighted by Gasteiger charge is 2.15. The normalized spacial score (nSPS) is 13.6. The van der Waals surface area contributed by atoms with Gasteiger partial charge in [-0.15, -0.1) is 0 Å². The topological polar surface area (TPSA) is 77.4 Å². The summed E-state index contributed by atoms with van der Waals surface area (Å²) in [4.78, 5) is 11.8. The molecule has 96 valence electrons. The first-order valence-corrected chi connectivity index (χ1v) is 6.52. The second-order valence-corrected chi connectivity index (χ2v) is 4.70. The number of nitrogens with zero attached hydrogens (tertiary/aromatic N) is 3. The quantitative estimate of drug-likeness (QED) is 0.878. The number of hydrogen-bond acceptors (Lipinski definition) is 4. The van der Waals surface area contributed by atoms with Crippen LogP contribution in [-0.2, 0) is 19.4 Å². The van der Waals surface area contributed by atoms with E-state index in [0.29, 0.717) is 17.9 Å². The van der Waals surface area contributed by atoms with E-state index in [1.54, 1.807) is 12.4 Å². The van der Waals surface area contributed by atoms with Crippen molar-refractivity contribution in [1.82, 2.24) is 15.0 Å². The lowest BCUT2D eigenvalue weighted by Gasteiger charge is -2.17. The van der Waals surface area contributed by atoms with E-state index in [1.807, 2.05) is 6.07 Å². The Balaban J connectivity index is 1.85. The molecule has 5 nitrogen and oxygen atoms in total. The zero-order valence-corrected chi connectivity index (χ0v) is 10.6. The van der Waals surface area contributed by atoms with Crippen LogP contribution in [0.4, 0.5) is 5.82 Å². The maximum Gasteiger partial charge on any atom is 0.144 e. The molecule has 0 radical (unpaired) electrons. The molecule has 0 saturated carbocycles. The number of anilines is 1. The van der Waals surface area contributed by atoms with Crippen LogP contribution in [0.3, 0.4) is 0 Å². The Kier molecular flexibility index (Phi) is 3.15. The van der Waals surface area contributed by atoms with Gasteiger partial charge in [-0.05, 0) is 37.3 Å². The molecule has 0 aliphatic heterocycles. The maximum absolute atomic E-state index is 9.22. The summed E-state index contributed by atoms with van der Waals surface area (Å²) >= 11 is 0. The van der Waals surface area contributed by atoms with E-state index in [9.17, 15) is 5.26 Å². The SMILES string of the molecule is N#Cc1cc2c(nc1NCc1ncc[nH]1)CCCC2. The molecule has 2 heterocycles. The molecule has 0 fully saturated rings. The van der Waals surface area contributed by atoms with Gasteiger partial charge in [0.05, 0.1) is 12.1 Å². The van der Waals surface area contributed by atoms with E-state index >= 15 is 0 Å². The van der Waals surface area contributed by atoms with E-state index in [1.165, 1.54) is 18.4 Å². The number of aromatic nitrogens is 3. The Bertz CT molecular complexity index is 610. The molecule has 0 spiro atoms. The average Bonchev–Trinajstić information content (AvgIpc) is 2.97. The second-order valence-electron chi connectivity index (χ2n) is 4.70. The third-order valence-corrected chi connectivity index (χ3v) is 3.40. The van der Waals surface area contributed by atoms with Crippen molar-refractivity contribution in [3.05, 3.63) is 41.1 Å². The summed E-state index contributed by atoms with van der Waals surface area (Å²) in [5.74, 6) is 1.50. The second kappa shape index (κ2) is 5.11. The molecule has 19 heavy (non-hydrogen) atoms. The van der Waals surface area contributed by atoms with Crippen LogP contribution in [0.5, 0.6) is 0 Å². The molecule has 2 aromatic rings. The van der Waals surface area contributed by atoms with Crippen LogP contribution in [0, 0.1) is 11.3 Å². The summed E-state index contributed by atoms with van der Waals surface area (Å²) in [6.45, 7) is 0.549. The van der Waals surface area contributed by atoms with Gasteiger partial charge in [-0.1, -0.05) is 0 Å². The van der Waals surface area contributed by atoms with Crippen LogP contribution in [0.1, 0.15) is 35.5 Å². The predicted molar refractivity (Wildman–Crippen MR) is 71.5 cm³/mol. The monoisotopic (exact) mass is 253 g/mol. The molecule has 2 N–H and O–H groups in total. The molecular formula is C14H15N5. The number of hydrogen-bond donors (Lipinski definition) is 2. The Morgan fingerprint density at radius 1 is 1.37 bits per heavy atom. The molecule has 0 unspecified atom stereocenters. The van der Waals surface area contributed by atoms with Gasteiger partial charge < -0.3 is 10.3 Å². The number of imidazole rings is 1. The van der Waals surface area contributed by atoms with Crippen molar-refractivity contribution in [2.45, 2.75) is 32.2 Å². The Morgan fingerprint density at radius 3 is 3.05 bits per heavy atom. The molecule has 0 saturated heterocycles. The summed E-state index contributed by atoms with van der Waals surface area (Å²) in [5.41, 5.74) is 2.98. The van der Waals surface area contributed by atoms with Gasteiger partial charge in [0.2, 0.25) is 0 Å². The highest BCUT2D eigenvalue weighted by Crippen LogP contribution is 2.24. The summed E-state index contributed by atoms with van der Waals surface area (Å²) in [6, 6.07) is 4.20. The lowest BCUT2D eigenvalue weighted by atomic mass is 9.95. The number of aryl methyl sites for hydroxylation is 2. The number of pyridine rings is 1. The predicted octanol–water partition coefficient (Wildman–Crippen LogP) is 2.17. The minimum atomic E-state index is 0.549. The highest BCUT2D eigenvalue weighted by molar-refractivity contribution is 5.54. The summed E-state index contributed by atoms with van der Waals surface area (Å²) in [6.07, 6.45) is 7.92. The van der Waals surface area contributed by atoms with Gasteiger partial charge in [0.1, 0.15) is 17.7 Å². The first-order chi connectivity index (χ1) is 9.36. The van der Waals surface area contributed by atoms with Crippen molar-refractivity contribution >= 4 is 5.82 Å². The van der Waals surface area contributed by atoms with Crippen LogP contribution >= 0.6 is 0 Å². The van der Waals surface area contributed by atoms with Crippen molar-refractivity contribution in [2.24, 2.45) is 0 Å². The van der Waals surface area contributed by atoms with Gasteiger partial charge in [-0.25, -0.2) is 9.97 Å². The van der Waals surface area contributed by atoms with Gasteiger partial charge in [0, 0.05) is 18.1 Å². The van der Waals surface area contributed by atoms with Gasteiger partial charge in [-0.3, -0.25) is 0 Å². The summed E-state index contributed by atoms with van der Waals surface area (Å²) in [7, 11) is 0. The Labute approximate surface area is 111 Å². The third-order valence-electron chi connectivity index (χ3n) is 3.40. The minimum Gasteiger partial charge on any atom is -0.362 e. The number of nitriles is 1. The first-order valence-electron chi connectivity index (χ1n) is 6.52. The fraction of sp³-hybridized carbons (Fsp3) is 0.357. The molecule has 0 aromatic carbocycles. The van der Waals surface area contributed by atoms with Crippen molar-refractivity contribution in [1.29, 1.82) is 5.26 Å². The number of H-pyrrole nitrogens is 1. The van der Waals surface area contributed by atoms with Gasteiger partial charge in [-0.2, -0.15) is 5.26 Å². The largest absolute Gasteiger partial charge is 0.362 e. The molecule has 0 atom stereocenters. The lowest BCUT2D eigenvalue weighted by molar-refractivity contribution is 0.668. The molecule has 1 aliphatic carbocycles. The van der Waals surface area contributed by atoms with E-state index < -0.39 is 0 Å². The van der Waals surface area contributed by atoms with Gasteiger partial charge >= 0.3 is 0 Å². The van der Waals surface area contributed by atoms with Crippen LogP contribution in [0.2, 0.25) is 0 Å². The van der Waals surface area contributed by atoms with Crippen LogP contribution < -0.4 is 5.32 Å². The van der Waals surface area contributed by atoms with Crippen LogP contribution in [0.25, 0.3) is 0 Å². The van der Waals surface area contributed by atoms with E-state index in [-0.39, 0.29) is 0 Å². The molecule has 3 rings (SSSR count). The fourth-order valence-corrected chi connectivity index (χ4v) is 2.42. The minimum absolute atomic E-state index is 0.549. The zero-order valence-electron chi connectivity index (χ0n) is 10.6. The van der Waals surface area contributed by atoms with Crippen molar-refractivity contribution in [2.75, 3.05) is 5.32 Å². The fourth-order valence-electron chi connectivity index (χ4n) is 2.42. The molecule has 2 aromatic heterocycles. The zero-order chi connectivity index (χ0) is 13.1. The van der Waals surface area contributed by atoms with Gasteiger partial charge in [0.25, 0.3) is 0 Å². The first kappa shape index (κ1) is 11.7. The van der Waals surface area contributed by atoms with E-state index in [0.717, 1.165) is 24.4 Å². The number of aromatic amines is 1. The molecule has 5 heteroatoms. The summed E-state index contributed by atoms with van der Waals surface area (Å²) in [5, 5.41) is 12.4. The van der Waals surface area contributed by atoms with Gasteiger partial charge in [0.15, 0.2) is 0 Å². The van der Waals surface area contributed by atoms with Crippen LogP contribution in [0.15, 0.2) is 18.5 Å². The van der Waals surface area contributed by atoms with Crippen molar-refractivity contribution < 1.29 is 0 Å². The third kappa shape index (κ3) is 2.43. The molecule has 1 aliphatic rings. The van der Waals surface area contributed by atoms with Crippen molar-refractivity contribution in [3.63, 3.8) is 0 Å². The smallest absolute Gasteiger partial charge is 0.144 e. The molecular weight excluding hydrogens is 238 g/mol. The Hall–Kier alpha value is -2.35. The van der Waals surface area contributed by atoms with Crippen molar-refractivity contribution in [3.8, 4) is 6.07 Å². The highest BCUT2D eigenvalue weighted by atomic mass is 15.0. The standard InChI is InChI=1S/C14H15N5/c15-8-11-7-10-3-1-2-4-12(10)19-14(11)18-9-13-16-5-6-17-13/h5-7H,1-4,9H2,(H,16,17)(H,18,19). The molecule has 0 bridgehead atoms. The van der Waals surface area contributed by atoms with Crippen LogP contribution in [-0.4, -0.2) is 15.0 Å². The number of nitrogens with one attached hydrogen (secondary N) is 2. The molecule has 0 amide bonds. The summed E-state index contributed by atoms with van der Waals surface area (Å²) < 4.78 is 0. The number of fused-ring (bicyclic) bond motifs is 1. The van der Waals surface area contributed by atoms with E-state index in [4.69, 9.17) is 0 Å².